The Balaban J connectivity index is 1.70. The Bertz CT molecular complexity index is 565. The minimum absolute atomic E-state index is 0.326. The van der Waals surface area contributed by atoms with E-state index in [2.05, 4.69) is 12.2 Å². The van der Waals surface area contributed by atoms with Crippen LogP contribution in [-0.4, -0.2) is 28.6 Å². The molecule has 1 saturated carbocycles. The summed E-state index contributed by atoms with van der Waals surface area (Å²) in [5, 5.41) is 12.4. The molecule has 118 valence electrons. The molecule has 1 fully saturated rings. The molecule has 0 aromatic heterocycles. The zero-order chi connectivity index (χ0) is 15.7. The Kier molecular flexibility index (Phi) is 3.81. The Morgan fingerprint density at radius 2 is 1.95 bits per heavy atom. The van der Waals surface area contributed by atoms with Gasteiger partial charge in [-0.1, -0.05) is 25.1 Å². The van der Waals surface area contributed by atoms with Crippen molar-refractivity contribution in [2.24, 2.45) is 5.92 Å². The molecule has 2 aliphatic rings. The maximum absolute atomic E-state index is 12.5. The second kappa shape index (κ2) is 5.63. The van der Waals surface area contributed by atoms with Crippen LogP contribution in [0.5, 0.6) is 5.75 Å². The van der Waals surface area contributed by atoms with Crippen molar-refractivity contribution >= 4 is 11.9 Å². The number of amides is 1. The van der Waals surface area contributed by atoms with Gasteiger partial charge in [-0.3, -0.25) is 4.79 Å². The first-order valence-electron chi connectivity index (χ1n) is 7.80. The van der Waals surface area contributed by atoms with Crippen LogP contribution in [0.1, 0.15) is 38.2 Å². The molecule has 2 N–H and O–H groups in total. The molecule has 0 spiro atoms. The molecular formula is C17H21NO4. The summed E-state index contributed by atoms with van der Waals surface area (Å²) in [4.78, 5) is 24.2. The lowest BCUT2D eigenvalue weighted by molar-refractivity contribution is -0.150. The van der Waals surface area contributed by atoms with Gasteiger partial charge in [-0.05, 0) is 43.2 Å². The number of nitrogens with one attached hydrogen (secondary N) is 1. The summed E-state index contributed by atoms with van der Waals surface area (Å²) in [6.45, 7) is 2.12. The number of benzene rings is 1. The van der Waals surface area contributed by atoms with E-state index in [1.807, 2.05) is 24.3 Å². The van der Waals surface area contributed by atoms with Crippen molar-refractivity contribution in [3.63, 3.8) is 0 Å². The van der Waals surface area contributed by atoms with Crippen molar-refractivity contribution < 1.29 is 19.4 Å². The minimum Gasteiger partial charge on any atom is -0.480 e. The fraction of sp³-hybridized carbons (Fsp3) is 0.529. The van der Waals surface area contributed by atoms with Gasteiger partial charge in [-0.15, -0.1) is 0 Å². The number of fused-ring (bicyclic) bond motifs is 1. The van der Waals surface area contributed by atoms with Gasteiger partial charge in [0.15, 0.2) is 6.10 Å². The largest absolute Gasteiger partial charge is 0.480 e. The quantitative estimate of drug-likeness (QED) is 0.897. The van der Waals surface area contributed by atoms with E-state index in [-0.39, 0.29) is 5.91 Å². The molecule has 5 heteroatoms. The van der Waals surface area contributed by atoms with Crippen molar-refractivity contribution in [3.8, 4) is 5.75 Å². The summed E-state index contributed by atoms with van der Waals surface area (Å²) >= 11 is 0. The molecule has 1 atom stereocenters. The summed E-state index contributed by atoms with van der Waals surface area (Å²) in [5.41, 5.74) is -0.147. The number of hydrogen-bond donors (Lipinski definition) is 2. The van der Waals surface area contributed by atoms with Crippen LogP contribution in [-0.2, 0) is 16.0 Å². The molecular weight excluding hydrogens is 282 g/mol. The van der Waals surface area contributed by atoms with Crippen LogP contribution in [0.25, 0.3) is 0 Å². The second-order valence-electron chi connectivity index (χ2n) is 6.48. The van der Waals surface area contributed by atoms with Gasteiger partial charge in [0.2, 0.25) is 0 Å². The van der Waals surface area contributed by atoms with Gasteiger partial charge in [0.05, 0.1) is 0 Å². The zero-order valence-corrected chi connectivity index (χ0v) is 12.7. The summed E-state index contributed by atoms with van der Waals surface area (Å²) in [7, 11) is 0. The van der Waals surface area contributed by atoms with E-state index in [9.17, 15) is 14.7 Å². The molecule has 1 aliphatic heterocycles. The lowest BCUT2D eigenvalue weighted by atomic mass is 9.77. The highest BCUT2D eigenvalue weighted by molar-refractivity contribution is 5.90. The lowest BCUT2D eigenvalue weighted by Gasteiger charge is -2.36. The molecule has 0 saturated heterocycles. The maximum Gasteiger partial charge on any atom is 0.329 e. The Hall–Kier alpha value is -2.04. The topological polar surface area (TPSA) is 75.6 Å². The SMILES string of the molecule is CC1CCC(NC(=O)C2Cc3ccccc3O2)(C(=O)O)CC1. The number of aliphatic carboxylic acids is 1. The molecule has 5 nitrogen and oxygen atoms in total. The van der Waals surface area contributed by atoms with Crippen LogP contribution >= 0.6 is 0 Å². The first kappa shape index (κ1) is 14.9. The van der Waals surface area contributed by atoms with Crippen molar-refractivity contribution in [1.82, 2.24) is 5.32 Å². The Morgan fingerprint density at radius 3 is 2.59 bits per heavy atom. The number of carboxylic acids is 1. The third-order valence-electron chi connectivity index (χ3n) is 4.84. The average molecular weight is 303 g/mol. The standard InChI is InChI=1S/C17H21NO4/c1-11-6-8-17(9-7-11,16(20)21)18-15(19)14-10-12-4-2-3-5-13(12)22-14/h2-5,11,14H,6-10H2,1H3,(H,18,19)(H,20,21). The predicted octanol–water partition coefficient (Wildman–Crippen LogP) is 2.14. The Morgan fingerprint density at radius 1 is 1.27 bits per heavy atom. The van der Waals surface area contributed by atoms with E-state index >= 15 is 0 Å². The molecule has 0 radical (unpaired) electrons. The van der Waals surface area contributed by atoms with Crippen LogP contribution in [0.15, 0.2) is 24.3 Å². The summed E-state index contributed by atoms with van der Waals surface area (Å²) in [5.74, 6) is -0.0444. The second-order valence-corrected chi connectivity index (χ2v) is 6.48. The van der Waals surface area contributed by atoms with Crippen LogP contribution < -0.4 is 10.1 Å². The highest BCUT2D eigenvalue weighted by Gasteiger charge is 2.44. The number of carbonyl (C=O) groups excluding carboxylic acids is 1. The molecule has 1 aliphatic carbocycles. The van der Waals surface area contributed by atoms with Crippen LogP contribution in [0.4, 0.5) is 0 Å². The average Bonchev–Trinajstić information content (AvgIpc) is 2.93. The molecule has 1 amide bonds. The summed E-state index contributed by atoms with van der Waals surface area (Å²) < 4.78 is 5.65. The number of ether oxygens (including phenoxy) is 1. The van der Waals surface area contributed by atoms with E-state index in [1.165, 1.54) is 0 Å². The molecule has 3 rings (SSSR count). The van der Waals surface area contributed by atoms with Crippen LogP contribution in [0.2, 0.25) is 0 Å². The van der Waals surface area contributed by atoms with Crippen molar-refractivity contribution in [2.75, 3.05) is 0 Å². The van der Waals surface area contributed by atoms with Gasteiger partial charge in [-0.2, -0.15) is 0 Å². The van der Waals surface area contributed by atoms with Gasteiger partial charge >= 0.3 is 5.97 Å². The van der Waals surface area contributed by atoms with Crippen molar-refractivity contribution in [2.45, 2.75) is 50.7 Å². The van der Waals surface area contributed by atoms with Gasteiger partial charge in [0.1, 0.15) is 11.3 Å². The number of carboxylic acid groups (broad SMARTS) is 1. The first-order chi connectivity index (χ1) is 10.5. The number of rotatable bonds is 3. The van der Waals surface area contributed by atoms with Gasteiger partial charge in [-0.25, -0.2) is 4.79 Å². The number of carbonyl (C=O) groups is 2. The van der Waals surface area contributed by atoms with Gasteiger partial charge in [0, 0.05) is 6.42 Å². The summed E-state index contributed by atoms with van der Waals surface area (Å²) in [6, 6.07) is 7.53. The third-order valence-corrected chi connectivity index (χ3v) is 4.84. The molecule has 1 unspecified atom stereocenters. The van der Waals surface area contributed by atoms with Crippen molar-refractivity contribution in [3.05, 3.63) is 29.8 Å². The molecule has 1 aromatic rings. The minimum atomic E-state index is -1.14. The number of hydrogen-bond acceptors (Lipinski definition) is 3. The monoisotopic (exact) mass is 303 g/mol. The predicted molar refractivity (Wildman–Crippen MR) is 80.7 cm³/mol. The fourth-order valence-corrected chi connectivity index (χ4v) is 3.29. The van der Waals surface area contributed by atoms with Crippen LogP contribution in [0, 0.1) is 5.92 Å². The zero-order valence-electron chi connectivity index (χ0n) is 12.7. The van der Waals surface area contributed by atoms with Gasteiger partial charge in [0.25, 0.3) is 5.91 Å². The molecule has 1 heterocycles. The lowest BCUT2D eigenvalue weighted by Crippen LogP contribution is -2.58. The smallest absolute Gasteiger partial charge is 0.329 e. The van der Waals surface area contributed by atoms with E-state index in [4.69, 9.17) is 4.74 Å². The maximum atomic E-state index is 12.5. The van der Waals surface area contributed by atoms with E-state index in [1.54, 1.807) is 0 Å². The van der Waals surface area contributed by atoms with E-state index < -0.39 is 17.6 Å². The summed E-state index contributed by atoms with van der Waals surface area (Å²) in [6.07, 6.45) is 2.46. The van der Waals surface area contributed by atoms with E-state index in [0.717, 1.165) is 18.4 Å². The molecule has 22 heavy (non-hydrogen) atoms. The van der Waals surface area contributed by atoms with Crippen molar-refractivity contribution in [1.29, 1.82) is 0 Å². The molecule has 0 bridgehead atoms. The fourth-order valence-electron chi connectivity index (χ4n) is 3.29. The highest BCUT2D eigenvalue weighted by atomic mass is 16.5. The third kappa shape index (κ3) is 2.67. The van der Waals surface area contributed by atoms with Gasteiger partial charge < -0.3 is 15.2 Å². The van der Waals surface area contributed by atoms with Crippen LogP contribution in [0.3, 0.4) is 0 Å². The Labute approximate surface area is 129 Å². The molecule has 1 aromatic carbocycles. The first-order valence-corrected chi connectivity index (χ1v) is 7.80. The normalized spacial score (nSPS) is 30.2. The van der Waals surface area contributed by atoms with E-state index in [0.29, 0.717) is 30.9 Å². The highest BCUT2D eigenvalue weighted by Crippen LogP contribution is 2.33. The number of para-hydroxylation sites is 1.